The molecule has 2 atom stereocenters. The van der Waals surface area contributed by atoms with Gasteiger partial charge in [-0.25, -0.2) is 0 Å². The molecule has 0 aromatic heterocycles. The highest BCUT2D eigenvalue weighted by Crippen LogP contribution is 2.30. The maximum atomic E-state index is 12.4. The number of hydrogen-bond acceptors (Lipinski definition) is 3. The minimum Gasteiger partial charge on any atom is -0.508 e. The number of phenols is 2. The lowest BCUT2D eigenvalue weighted by molar-refractivity contribution is 0.0701. The number of carbonyl (C=O) groups excluding carboxylic acids is 1. The fourth-order valence-electron chi connectivity index (χ4n) is 2.54. The molecule has 2 rings (SSSR count). The molecule has 5 heteroatoms. The molecule has 4 nitrogen and oxygen atoms in total. The molecule has 1 aliphatic rings. The van der Waals surface area contributed by atoms with Gasteiger partial charge in [0.2, 0.25) is 0 Å². The van der Waals surface area contributed by atoms with Crippen molar-refractivity contribution >= 4 is 21.8 Å². The van der Waals surface area contributed by atoms with Gasteiger partial charge in [-0.15, -0.1) is 0 Å². The summed E-state index contributed by atoms with van der Waals surface area (Å²) in [5.74, 6) is -0.380. The molecule has 1 fully saturated rings. The van der Waals surface area contributed by atoms with Gasteiger partial charge in [0.15, 0.2) is 0 Å². The van der Waals surface area contributed by atoms with Gasteiger partial charge < -0.3 is 15.1 Å². The van der Waals surface area contributed by atoms with E-state index >= 15 is 0 Å². The first kappa shape index (κ1) is 14.2. The number of nitrogens with zero attached hydrogens (tertiary/aromatic N) is 1. The lowest BCUT2D eigenvalue weighted by Crippen LogP contribution is -2.44. The molecule has 0 heterocycles. The van der Waals surface area contributed by atoms with Crippen LogP contribution in [0.3, 0.4) is 0 Å². The van der Waals surface area contributed by atoms with E-state index in [9.17, 15) is 15.0 Å². The zero-order chi connectivity index (χ0) is 14.0. The number of amides is 1. The molecule has 19 heavy (non-hydrogen) atoms. The molecule has 1 amide bonds. The molecule has 0 radical (unpaired) electrons. The fourth-order valence-corrected chi connectivity index (χ4v) is 3.48. The van der Waals surface area contributed by atoms with E-state index in [2.05, 4.69) is 15.9 Å². The summed E-state index contributed by atoms with van der Waals surface area (Å²) in [4.78, 5) is 14.3. The highest BCUT2D eigenvalue weighted by atomic mass is 79.9. The maximum absolute atomic E-state index is 12.4. The average Bonchev–Trinajstić information content (AvgIpc) is 2.40. The van der Waals surface area contributed by atoms with Crippen LogP contribution < -0.4 is 0 Å². The number of carbonyl (C=O) groups is 1. The van der Waals surface area contributed by atoms with Gasteiger partial charge in [0, 0.05) is 17.9 Å². The molecular weight excluding hydrogens is 310 g/mol. The van der Waals surface area contributed by atoms with E-state index in [4.69, 9.17) is 0 Å². The predicted molar refractivity (Wildman–Crippen MR) is 76.8 cm³/mol. The Bertz CT molecular complexity index is 478. The van der Waals surface area contributed by atoms with Crippen molar-refractivity contribution in [2.75, 3.05) is 7.05 Å². The van der Waals surface area contributed by atoms with Crippen molar-refractivity contribution in [2.24, 2.45) is 0 Å². The van der Waals surface area contributed by atoms with E-state index in [-0.39, 0.29) is 33.8 Å². The molecule has 1 saturated carbocycles. The third-order valence-corrected chi connectivity index (χ3v) is 4.74. The standard InChI is InChI=1S/C14H18BrNO3/c1-16(12-5-3-2-4-11(12)15)14(19)10-8-9(17)6-7-13(10)18/h6-8,11-12,17-18H,2-5H2,1H3. The first-order valence-electron chi connectivity index (χ1n) is 6.44. The summed E-state index contributed by atoms with van der Waals surface area (Å²) in [6.07, 6.45) is 4.29. The second-order valence-corrected chi connectivity index (χ2v) is 6.16. The van der Waals surface area contributed by atoms with Crippen molar-refractivity contribution in [3.8, 4) is 11.5 Å². The van der Waals surface area contributed by atoms with Gasteiger partial charge in [-0.1, -0.05) is 28.8 Å². The first-order valence-corrected chi connectivity index (χ1v) is 7.35. The van der Waals surface area contributed by atoms with Crippen LogP contribution in [-0.4, -0.2) is 38.9 Å². The number of hydrogen-bond donors (Lipinski definition) is 2. The zero-order valence-corrected chi connectivity index (χ0v) is 12.4. The van der Waals surface area contributed by atoms with Crippen LogP contribution in [0.15, 0.2) is 18.2 Å². The van der Waals surface area contributed by atoms with Gasteiger partial charge in [-0.2, -0.15) is 0 Å². The number of benzene rings is 1. The van der Waals surface area contributed by atoms with Gasteiger partial charge in [-0.3, -0.25) is 4.79 Å². The van der Waals surface area contributed by atoms with Crippen LogP contribution in [0.1, 0.15) is 36.0 Å². The number of halogens is 1. The van der Waals surface area contributed by atoms with E-state index in [1.165, 1.54) is 24.6 Å². The minimum atomic E-state index is -0.259. The van der Waals surface area contributed by atoms with Gasteiger partial charge in [0.25, 0.3) is 5.91 Å². The SMILES string of the molecule is CN(C(=O)c1cc(O)ccc1O)C1CCCCC1Br. The molecule has 1 aromatic rings. The van der Waals surface area contributed by atoms with Crippen molar-refractivity contribution in [1.29, 1.82) is 0 Å². The highest BCUT2D eigenvalue weighted by molar-refractivity contribution is 9.09. The molecule has 1 aliphatic carbocycles. The van der Waals surface area contributed by atoms with Gasteiger partial charge in [-0.05, 0) is 31.0 Å². The molecule has 0 bridgehead atoms. The van der Waals surface area contributed by atoms with E-state index in [1.807, 2.05) is 0 Å². The number of alkyl halides is 1. The van der Waals surface area contributed by atoms with Gasteiger partial charge in [0.1, 0.15) is 11.5 Å². The summed E-state index contributed by atoms with van der Waals surface area (Å²) in [5, 5.41) is 19.2. The van der Waals surface area contributed by atoms with E-state index < -0.39 is 0 Å². The van der Waals surface area contributed by atoms with Crippen LogP contribution in [0.2, 0.25) is 0 Å². The molecular formula is C14H18BrNO3. The van der Waals surface area contributed by atoms with Crippen LogP contribution in [0, 0.1) is 0 Å². The Morgan fingerprint density at radius 2 is 2.00 bits per heavy atom. The van der Waals surface area contributed by atoms with E-state index in [0.29, 0.717) is 0 Å². The summed E-state index contributed by atoms with van der Waals surface area (Å²) in [7, 11) is 1.75. The quantitative estimate of drug-likeness (QED) is 0.648. The summed E-state index contributed by atoms with van der Waals surface area (Å²) in [6, 6.07) is 4.13. The third-order valence-electron chi connectivity index (χ3n) is 3.68. The minimum absolute atomic E-state index is 0.0198. The summed E-state index contributed by atoms with van der Waals surface area (Å²) < 4.78 is 0. The first-order chi connectivity index (χ1) is 9.00. The summed E-state index contributed by atoms with van der Waals surface area (Å²) in [6.45, 7) is 0. The van der Waals surface area contributed by atoms with Crippen LogP contribution in [-0.2, 0) is 0 Å². The topological polar surface area (TPSA) is 60.8 Å². The Morgan fingerprint density at radius 1 is 1.32 bits per heavy atom. The Balaban J connectivity index is 2.20. The normalized spacial score (nSPS) is 23.1. The molecule has 2 N–H and O–H groups in total. The lowest BCUT2D eigenvalue weighted by atomic mass is 9.94. The lowest BCUT2D eigenvalue weighted by Gasteiger charge is -2.35. The van der Waals surface area contributed by atoms with Crippen LogP contribution >= 0.6 is 15.9 Å². The van der Waals surface area contributed by atoms with E-state index in [0.717, 1.165) is 19.3 Å². The van der Waals surface area contributed by atoms with Crippen molar-refractivity contribution in [3.05, 3.63) is 23.8 Å². The van der Waals surface area contributed by atoms with Crippen molar-refractivity contribution in [2.45, 2.75) is 36.6 Å². The second-order valence-electron chi connectivity index (χ2n) is 4.99. The van der Waals surface area contributed by atoms with Gasteiger partial charge >= 0.3 is 0 Å². The van der Waals surface area contributed by atoms with Gasteiger partial charge in [0.05, 0.1) is 5.56 Å². The molecule has 0 aliphatic heterocycles. The predicted octanol–water partition coefficient (Wildman–Crippen LogP) is 2.88. The van der Waals surface area contributed by atoms with Crippen LogP contribution in [0.5, 0.6) is 11.5 Å². The molecule has 2 unspecified atom stereocenters. The third kappa shape index (κ3) is 3.03. The van der Waals surface area contributed by atoms with E-state index in [1.54, 1.807) is 11.9 Å². The Hall–Kier alpha value is -1.23. The van der Waals surface area contributed by atoms with Crippen molar-refractivity contribution in [3.63, 3.8) is 0 Å². The Morgan fingerprint density at radius 3 is 2.68 bits per heavy atom. The summed E-state index contributed by atoms with van der Waals surface area (Å²) in [5.41, 5.74) is 0.146. The molecule has 1 aromatic carbocycles. The average molecular weight is 328 g/mol. The smallest absolute Gasteiger partial charge is 0.257 e. The second kappa shape index (κ2) is 5.82. The number of rotatable bonds is 2. The Kier molecular flexibility index (Phi) is 4.34. The monoisotopic (exact) mass is 327 g/mol. The molecule has 104 valence electrons. The number of aromatic hydroxyl groups is 2. The fraction of sp³-hybridized carbons (Fsp3) is 0.500. The largest absolute Gasteiger partial charge is 0.508 e. The molecule has 0 saturated heterocycles. The number of phenolic OH excluding ortho intramolecular Hbond substituents is 2. The van der Waals surface area contributed by atoms with Crippen LogP contribution in [0.4, 0.5) is 0 Å². The molecule has 0 spiro atoms. The Labute approximate surface area is 121 Å². The van der Waals surface area contributed by atoms with Crippen LogP contribution in [0.25, 0.3) is 0 Å². The zero-order valence-electron chi connectivity index (χ0n) is 10.8. The highest BCUT2D eigenvalue weighted by Gasteiger charge is 2.30. The van der Waals surface area contributed by atoms with Crippen molar-refractivity contribution < 1.29 is 15.0 Å². The van der Waals surface area contributed by atoms with Crippen molar-refractivity contribution in [1.82, 2.24) is 4.90 Å². The maximum Gasteiger partial charge on any atom is 0.257 e. The summed E-state index contributed by atoms with van der Waals surface area (Å²) >= 11 is 3.62.